The van der Waals surface area contributed by atoms with E-state index in [4.69, 9.17) is 0 Å². The van der Waals surface area contributed by atoms with Crippen molar-refractivity contribution in [2.45, 2.75) is 32.9 Å². The van der Waals surface area contributed by atoms with Gasteiger partial charge in [-0.25, -0.2) is 0 Å². The number of hydrogen-bond acceptors (Lipinski definition) is 3. The predicted molar refractivity (Wildman–Crippen MR) is 69.7 cm³/mol. The Morgan fingerprint density at radius 1 is 1.53 bits per heavy atom. The van der Waals surface area contributed by atoms with Gasteiger partial charge in [0.15, 0.2) is 5.17 Å². The van der Waals surface area contributed by atoms with Gasteiger partial charge in [0.05, 0.1) is 6.54 Å². The Morgan fingerprint density at radius 3 is 2.73 bits per heavy atom. The highest BCUT2D eigenvalue weighted by atomic mass is 32.2. The van der Waals surface area contributed by atoms with Crippen LogP contribution in [-0.2, 0) is 0 Å². The third-order valence-corrected chi connectivity index (χ3v) is 4.28. The number of rotatable bonds is 3. The molecule has 1 fully saturated rings. The molecule has 1 aliphatic heterocycles. The summed E-state index contributed by atoms with van der Waals surface area (Å²) in [5.41, 5.74) is 0. The zero-order valence-electron chi connectivity index (χ0n) is 10.4. The zero-order valence-corrected chi connectivity index (χ0v) is 11.3. The summed E-state index contributed by atoms with van der Waals surface area (Å²) in [6.07, 6.45) is 0. The minimum absolute atomic E-state index is 0.509. The fourth-order valence-corrected chi connectivity index (χ4v) is 2.35. The number of aliphatic imine (C=N–C) groups is 1. The molecule has 4 heteroatoms. The minimum atomic E-state index is 0.509. The fourth-order valence-electron chi connectivity index (χ4n) is 1.20. The largest absolute Gasteiger partial charge is 0.362 e. The van der Waals surface area contributed by atoms with Crippen LogP contribution in [0.15, 0.2) is 4.99 Å². The summed E-state index contributed by atoms with van der Waals surface area (Å²) in [5.74, 6) is 1.92. The van der Waals surface area contributed by atoms with E-state index in [1.807, 2.05) is 11.8 Å². The molecule has 3 unspecified atom stereocenters. The molecule has 0 saturated carbocycles. The molecule has 0 radical (unpaired) electrons. The van der Waals surface area contributed by atoms with Gasteiger partial charge in [-0.2, -0.15) is 0 Å². The number of nitrogens with zero attached hydrogens (tertiary/aromatic N) is 2. The molecule has 0 aromatic rings. The molecule has 88 valence electrons. The molecule has 15 heavy (non-hydrogen) atoms. The van der Waals surface area contributed by atoms with Gasteiger partial charge in [0.2, 0.25) is 0 Å². The van der Waals surface area contributed by atoms with Crippen LogP contribution in [0.3, 0.4) is 0 Å². The maximum absolute atomic E-state index is 4.62. The van der Waals surface area contributed by atoms with E-state index in [-0.39, 0.29) is 0 Å². The zero-order chi connectivity index (χ0) is 11.4. The highest BCUT2D eigenvalue weighted by Crippen LogP contribution is 2.19. The van der Waals surface area contributed by atoms with Crippen LogP contribution in [0.2, 0.25) is 0 Å². The fraction of sp³-hybridized carbons (Fsp3) is 0.909. The average molecular weight is 229 g/mol. The summed E-state index contributed by atoms with van der Waals surface area (Å²) in [4.78, 5) is 6.81. The molecule has 1 rings (SSSR count). The molecule has 0 aromatic heterocycles. The second-order valence-electron chi connectivity index (χ2n) is 4.68. The quantitative estimate of drug-likeness (QED) is 0.797. The molecular weight excluding hydrogens is 206 g/mol. The molecule has 0 aliphatic carbocycles. The number of nitrogens with one attached hydrogen (secondary N) is 1. The van der Waals surface area contributed by atoms with Crippen LogP contribution >= 0.6 is 11.8 Å². The summed E-state index contributed by atoms with van der Waals surface area (Å²) in [6.45, 7) is 7.59. The Morgan fingerprint density at radius 2 is 2.20 bits per heavy atom. The van der Waals surface area contributed by atoms with E-state index in [9.17, 15) is 0 Å². The van der Waals surface area contributed by atoms with E-state index < -0.39 is 0 Å². The molecule has 1 aliphatic rings. The number of thioether (sulfide) groups is 1. The predicted octanol–water partition coefficient (Wildman–Crippen LogP) is 1.65. The van der Waals surface area contributed by atoms with Crippen molar-refractivity contribution in [3.8, 4) is 0 Å². The van der Waals surface area contributed by atoms with Crippen LogP contribution in [0.5, 0.6) is 0 Å². The van der Waals surface area contributed by atoms with Crippen molar-refractivity contribution < 1.29 is 0 Å². The molecule has 0 bridgehead atoms. The van der Waals surface area contributed by atoms with Gasteiger partial charge in [-0.1, -0.05) is 18.7 Å². The van der Waals surface area contributed by atoms with Crippen LogP contribution in [0, 0.1) is 5.92 Å². The van der Waals surface area contributed by atoms with Crippen molar-refractivity contribution in [1.82, 2.24) is 10.2 Å². The normalized spacial score (nSPS) is 31.7. The van der Waals surface area contributed by atoms with E-state index in [1.165, 1.54) is 5.75 Å². The summed E-state index contributed by atoms with van der Waals surface area (Å²) in [7, 11) is 4.19. The van der Waals surface area contributed by atoms with Gasteiger partial charge in [0.25, 0.3) is 0 Å². The Balaban J connectivity index is 2.41. The first-order chi connectivity index (χ1) is 7.00. The lowest BCUT2D eigenvalue weighted by Crippen LogP contribution is -2.42. The number of amidine groups is 1. The third kappa shape index (κ3) is 4.03. The molecule has 1 N–H and O–H groups in total. The lowest BCUT2D eigenvalue weighted by molar-refractivity contribution is 0.321. The van der Waals surface area contributed by atoms with Gasteiger partial charge < -0.3 is 10.2 Å². The minimum Gasteiger partial charge on any atom is -0.362 e. The first kappa shape index (κ1) is 12.8. The van der Waals surface area contributed by atoms with Crippen molar-refractivity contribution in [2.24, 2.45) is 10.9 Å². The Labute approximate surface area is 97.7 Å². The van der Waals surface area contributed by atoms with E-state index in [2.05, 4.69) is 50.1 Å². The lowest BCUT2D eigenvalue weighted by Gasteiger charge is -2.28. The summed E-state index contributed by atoms with van der Waals surface area (Å²) in [6, 6.07) is 1.06. The molecule has 1 heterocycles. The highest BCUT2D eigenvalue weighted by molar-refractivity contribution is 8.13. The molecule has 3 nitrogen and oxygen atoms in total. The van der Waals surface area contributed by atoms with Gasteiger partial charge in [-0.05, 0) is 33.9 Å². The lowest BCUT2D eigenvalue weighted by atomic mass is 10.1. The van der Waals surface area contributed by atoms with Gasteiger partial charge in [0, 0.05) is 17.8 Å². The van der Waals surface area contributed by atoms with E-state index in [0.717, 1.165) is 17.6 Å². The average Bonchev–Trinajstić information content (AvgIpc) is 2.19. The second-order valence-corrected chi connectivity index (χ2v) is 5.69. The molecule has 3 atom stereocenters. The topological polar surface area (TPSA) is 27.6 Å². The number of hydrogen-bond donors (Lipinski definition) is 1. The van der Waals surface area contributed by atoms with Crippen LogP contribution in [0.25, 0.3) is 0 Å². The summed E-state index contributed by atoms with van der Waals surface area (Å²) < 4.78 is 0. The van der Waals surface area contributed by atoms with E-state index >= 15 is 0 Å². The third-order valence-electron chi connectivity index (χ3n) is 3.07. The van der Waals surface area contributed by atoms with Gasteiger partial charge in [0.1, 0.15) is 0 Å². The van der Waals surface area contributed by atoms with E-state index in [1.54, 1.807) is 0 Å². The van der Waals surface area contributed by atoms with Gasteiger partial charge in [-0.15, -0.1) is 0 Å². The first-order valence-corrected chi connectivity index (χ1v) is 6.59. The SMILES string of the molecule is CC1CSC(=NCC(C)N(C)C)NC1C. The van der Waals surface area contributed by atoms with Crippen LogP contribution in [-0.4, -0.2) is 48.5 Å². The Hall–Kier alpha value is -0.220. The smallest absolute Gasteiger partial charge is 0.156 e. The maximum atomic E-state index is 4.62. The molecule has 1 saturated heterocycles. The van der Waals surface area contributed by atoms with Crippen molar-refractivity contribution in [3.05, 3.63) is 0 Å². The van der Waals surface area contributed by atoms with Gasteiger partial charge in [-0.3, -0.25) is 4.99 Å². The van der Waals surface area contributed by atoms with Crippen molar-refractivity contribution in [1.29, 1.82) is 0 Å². The first-order valence-electron chi connectivity index (χ1n) is 5.61. The summed E-state index contributed by atoms with van der Waals surface area (Å²) >= 11 is 1.85. The molecule has 0 spiro atoms. The number of likely N-dealkylation sites (N-methyl/N-ethyl adjacent to an activating group) is 1. The second kappa shape index (κ2) is 5.75. The van der Waals surface area contributed by atoms with Crippen LogP contribution in [0.1, 0.15) is 20.8 Å². The molecule has 0 aromatic carbocycles. The Bertz CT molecular complexity index is 228. The van der Waals surface area contributed by atoms with Crippen molar-refractivity contribution in [2.75, 3.05) is 26.4 Å². The van der Waals surface area contributed by atoms with Crippen LogP contribution < -0.4 is 5.32 Å². The summed E-state index contributed by atoms with van der Waals surface area (Å²) in [5, 5.41) is 4.57. The molecular formula is C11H23N3S. The maximum Gasteiger partial charge on any atom is 0.156 e. The van der Waals surface area contributed by atoms with Gasteiger partial charge >= 0.3 is 0 Å². The van der Waals surface area contributed by atoms with Crippen molar-refractivity contribution >= 4 is 16.9 Å². The highest BCUT2D eigenvalue weighted by Gasteiger charge is 2.20. The van der Waals surface area contributed by atoms with E-state index in [0.29, 0.717) is 12.1 Å². The monoisotopic (exact) mass is 229 g/mol. The standard InChI is InChI=1S/C11H23N3S/c1-8-7-15-11(13-10(8)3)12-6-9(2)14(4)5/h8-10H,6-7H2,1-5H3,(H,12,13). The van der Waals surface area contributed by atoms with Crippen molar-refractivity contribution in [3.63, 3.8) is 0 Å². The Kier molecular flexibility index (Phi) is 4.93. The van der Waals surface area contributed by atoms with Crippen LogP contribution in [0.4, 0.5) is 0 Å². The molecule has 0 amide bonds.